The molecule has 1 unspecified atom stereocenters. The zero-order valence-corrected chi connectivity index (χ0v) is 11.3. The zero-order chi connectivity index (χ0) is 13.9. The molecular formula is C15H19N3O2. The van der Waals surface area contributed by atoms with E-state index in [1.807, 2.05) is 18.2 Å². The first-order valence-electron chi connectivity index (χ1n) is 6.96. The quantitative estimate of drug-likeness (QED) is 0.390. The number of benzene rings is 1. The lowest BCUT2D eigenvalue weighted by atomic mass is 10.1. The first-order chi connectivity index (χ1) is 9.78. The molecule has 5 nitrogen and oxygen atoms in total. The van der Waals surface area contributed by atoms with Crippen molar-refractivity contribution in [2.75, 3.05) is 6.61 Å². The molecule has 1 aromatic carbocycles. The molecule has 1 aliphatic rings. The van der Waals surface area contributed by atoms with Crippen molar-refractivity contribution in [1.82, 2.24) is 4.57 Å². The lowest BCUT2D eigenvalue weighted by Gasteiger charge is -2.23. The van der Waals surface area contributed by atoms with Gasteiger partial charge in [0.1, 0.15) is 0 Å². The topological polar surface area (TPSA) is 72.8 Å². The second-order valence-corrected chi connectivity index (χ2v) is 5.22. The third-order valence-corrected chi connectivity index (χ3v) is 3.85. The minimum Gasteiger partial charge on any atom is -0.409 e. The van der Waals surface area contributed by atoms with Crippen LogP contribution < -0.4 is 5.73 Å². The minimum atomic E-state index is 0.133. The van der Waals surface area contributed by atoms with Crippen molar-refractivity contribution < 1.29 is 9.94 Å². The predicted octanol–water partition coefficient (Wildman–Crippen LogP) is 2.30. The summed E-state index contributed by atoms with van der Waals surface area (Å²) < 4.78 is 7.97. The number of nitrogens with zero attached hydrogens (tertiary/aromatic N) is 2. The summed E-state index contributed by atoms with van der Waals surface area (Å²) in [6, 6.07) is 7.88. The van der Waals surface area contributed by atoms with E-state index in [4.69, 9.17) is 15.7 Å². The minimum absolute atomic E-state index is 0.133. The van der Waals surface area contributed by atoms with Crippen molar-refractivity contribution in [3.8, 4) is 0 Å². The maximum Gasteiger partial charge on any atom is 0.170 e. The van der Waals surface area contributed by atoms with Gasteiger partial charge in [-0.2, -0.15) is 0 Å². The Morgan fingerprint density at radius 2 is 2.30 bits per heavy atom. The van der Waals surface area contributed by atoms with Crippen LogP contribution in [0.25, 0.3) is 10.9 Å². The number of hydrogen-bond acceptors (Lipinski definition) is 3. The molecule has 5 heteroatoms. The SMILES string of the molecule is N/C(=N/O)c1ccc2ccn(CC3CCCCO3)c2c1. The average Bonchev–Trinajstić information content (AvgIpc) is 2.90. The summed E-state index contributed by atoms with van der Waals surface area (Å²) in [4.78, 5) is 0. The third-order valence-electron chi connectivity index (χ3n) is 3.85. The van der Waals surface area contributed by atoms with Crippen LogP contribution in [0.3, 0.4) is 0 Å². The second-order valence-electron chi connectivity index (χ2n) is 5.22. The van der Waals surface area contributed by atoms with Crippen molar-refractivity contribution in [2.24, 2.45) is 10.9 Å². The van der Waals surface area contributed by atoms with E-state index in [2.05, 4.69) is 22.0 Å². The number of amidine groups is 1. The summed E-state index contributed by atoms with van der Waals surface area (Å²) in [5, 5.41) is 13.0. The van der Waals surface area contributed by atoms with Gasteiger partial charge in [-0.3, -0.25) is 0 Å². The number of ether oxygens (including phenoxy) is 1. The first kappa shape index (κ1) is 13.0. The van der Waals surface area contributed by atoms with Crippen LogP contribution in [0.5, 0.6) is 0 Å². The van der Waals surface area contributed by atoms with Crippen LogP contribution in [0, 0.1) is 0 Å². The van der Waals surface area contributed by atoms with Gasteiger partial charge in [-0.15, -0.1) is 0 Å². The Kier molecular flexibility index (Phi) is 3.60. The monoisotopic (exact) mass is 273 g/mol. The van der Waals surface area contributed by atoms with Crippen molar-refractivity contribution in [3.63, 3.8) is 0 Å². The molecule has 2 aromatic rings. The van der Waals surface area contributed by atoms with Gasteiger partial charge in [-0.1, -0.05) is 17.3 Å². The Morgan fingerprint density at radius 3 is 3.05 bits per heavy atom. The molecule has 3 rings (SSSR count). The van der Waals surface area contributed by atoms with Gasteiger partial charge in [0.25, 0.3) is 0 Å². The molecule has 20 heavy (non-hydrogen) atoms. The molecule has 106 valence electrons. The van der Waals surface area contributed by atoms with Crippen LogP contribution in [0.15, 0.2) is 35.6 Å². The van der Waals surface area contributed by atoms with E-state index in [0.717, 1.165) is 42.5 Å². The van der Waals surface area contributed by atoms with Crippen LogP contribution in [0.4, 0.5) is 0 Å². The Morgan fingerprint density at radius 1 is 1.40 bits per heavy atom. The number of nitrogens with two attached hydrogens (primary N) is 1. The maximum absolute atomic E-state index is 8.78. The normalized spacial score (nSPS) is 20.4. The van der Waals surface area contributed by atoms with E-state index >= 15 is 0 Å². The molecule has 1 fully saturated rings. The largest absolute Gasteiger partial charge is 0.409 e. The maximum atomic E-state index is 8.78. The van der Waals surface area contributed by atoms with Gasteiger partial charge < -0.3 is 20.2 Å². The van der Waals surface area contributed by atoms with Crippen molar-refractivity contribution in [1.29, 1.82) is 0 Å². The Balaban J connectivity index is 1.90. The van der Waals surface area contributed by atoms with Crippen molar-refractivity contribution >= 4 is 16.7 Å². The fourth-order valence-electron chi connectivity index (χ4n) is 2.73. The highest BCUT2D eigenvalue weighted by Crippen LogP contribution is 2.21. The molecule has 2 heterocycles. The highest BCUT2D eigenvalue weighted by atomic mass is 16.5. The van der Waals surface area contributed by atoms with E-state index < -0.39 is 0 Å². The van der Waals surface area contributed by atoms with E-state index in [1.165, 1.54) is 6.42 Å². The van der Waals surface area contributed by atoms with Crippen molar-refractivity contribution in [2.45, 2.75) is 31.9 Å². The fourth-order valence-corrected chi connectivity index (χ4v) is 2.73. The molecule has 0 amide bonds. The average molecular weight is 273 g/mol. The summed E-state index contributed by atoms with van der Waals surface area (Å²) in [5.41, 5.74) is 7.47. The van der Waals surface area contributed by atoms with Gasteiger partial charge in [0.2, 0.25) is 0 Å². The molecule has 0 aliphatic carbocycles. The number of fused-ring (bicyclic) bond motifs is 1. The summed E-state index contributed by atoms with van der Waals surface area (Å²) in [6.45, 7) is 1.71. The molecule has 0 bridgehead atoms. The fraction of sp³-hybridized carbons (Fsp3) is 0.400. The lowest BCUT2D eigenvalue weighted by molar-refractivity contribution is 0.00670. The number of hydrogen-bond donors (Lipinski definition) is 2. The van der Waals surface area contributed by atoms with Gasteiger partial charge in [0, 0.05) is 30.4 Å². The number of rotatable bonds is 3. The standard InChI is InChI=1S/C15H19N3O2/c16-15(17-19)12-5-4-11-6-7-18(14(11)9-12)10-13-3-1-2-8-20-13/h4-7,9,13,19H,1-3,8,10H2,(H2,16,17). The van der Waals surface area contributed by atoms with Crippen LogP contribution in [-0.4, -0.2) is 28.3 Å². The molecule has 0 saturated carbocycles. The van der Waals surface area contributed by atoms with E-state index in [-0.39, 0.29) is 11.9 Å². The van der Waals surface area contributed by atoms with Crippen LogP contribution in [0.1, 0.15) is 24.8 Å². The van der Waals surface area contributed by atoms with E-state index in [9.17, 15) is 0 Å². The molecule has 1 atom stereocenters. The highest BCUT2D eigenvalue weighted by Gasteiger charge is 2.15. The van der Waals surface area contributed by atoms with Crippen LogP contribution in [0.2, 0.25) is 0 Å². The molecule has 1 saturated heterocycles. The summed E-state index contributed by atoms with van der Waals surface area (Å²) >= 11 is 0. The smallest absolute Gasteiger partial charge is 0.170 e. The lowest BCUT2D eigenvalue weighted by Crippen LogP contribution is -2.24. The van der Waals surface area contributed by atoms with Gasteiger partial charge >= 0.3 is 0 Å². The third kappa shape index (κ3) is 2.49. The molecule has 1 aliphatic heterocycles. The number of oxime groups is 1. The van der Waals surface area contributed by atoms with Gasteiger partial charge in [0.15, 0.2) is 5.84 Å². The Hall–Kier alpha value is -2.01. The summed E-state index contributed by atoms with van der Waals surface area (Å²) in [5.74, 6) is 0.133. The molecule has 0 spiro atoms. The Labute approximate surface area is 117 Å². The van der Waals surface area contributed by atoms with E-state index in [0.29, 0.717) is 0 Å². The second kappa shape index (κ2) is 5.54. The van der Waals surface area contributed by atoms with Crippen LogP contribution in [-0.2, 0) is 11.3 Å². The molecular weight excluding hydrogens is 254 g/mol. The van der Waals surface area contributed by atoms with Gasteiger partial charge in [-0.05, 0) is 36.8 Å². The summed E-state index contributed by atoms with van der Waals surface area (Å²) in [6.07, 6.45) is 5.86. The van der Waals surface area contributed by atoms with Gasteiger partial charge in [-0.25, -0.2) is 0 Å². The Bertz CT molecular complexity index is 627. The summed E-state index contributed by atoms with van der Waals surface area (Å²) in [7, 11) is 0. The van der Waals surface area contributed by atoms with E-state index in [1.54, 1.807) is 0 Å². The predicted molar refractivity (Wildman–Crippen MR) is 78.0 cm³/mol. The number of aromatic nitrogens is 1. The van der Waals surface area contributed by atoms with Gasteiger partial charge in [0.05, 0.1) is 6.10 Å². The van der Waals surface area contributed by atoms with Crippen LogP contribution >= 0.6 is 0 Å². The zero-order valence-electron chi connectivity index (χ0n) is 11.3. The molecule has 1 aromatic heterocycles. The first-order valence-corrected chi connectivity index (χ1v) is 6.96. The molecule has 3 N–H and O–H groups in total. The highest BCUT2D eigenvalue weighted by molar-refractivity contribution is 6.00. The molecule has 0 radical (unpaired) electrons. The van der Waals surface area contributed by atoms with Crippen molar-refractivity contribution in [3.05, 3.63) is 36.0 Å².